The number of nitrogens with two attached hydrogens (primary N) is 1. The lowest BCUT2D eigenvalue weighted by molar-refractivity contribution is 0.0855. The molecule has 1 aliphatic heterocycles. The monoisotopic (exact) mass is 288 g/mol. The molecule has 2 N–H and O–H groups in total. The van der Waals surface area contributed by atoms with Crippen LogP contribution in [0.4, 0.5) is 0 Å². The number of rotatable bonds is 4. The van der Waals surface area contributed by atoms with Crippen LogP contribution in [0.3, 0.4) is 0 Å². The van der Waals surface area contributed by atoms with Gasteiger partial charge in [0.2, 0.25) is 5.91 Å². The predicted molar refractivity (Wildman–Crippen MR) is 87.3 cm³/mol. The zero-order valence-electron chi connectivity index (χ0n) is 13.6. The summed E-state index contributed by atoms with van der Waals surface area (Å²) in [6.07, 6.45) is 4.82. The molecule has 0 aromatic heterocycles. The van der Waals surface area contributed by atoms with E-state index in [1.54, 1.807) is 6.07 Å². The summed E-state index contributed by atoms with van der Waals surface area (Å²) in [4.78, 5) is 13.8. The maximum absolute atomic E-state index is 11.2. The first-order valence-electron chi connectivity index (χ1n) is 8.00. The predicted octanol–water partition coefficient (Wildman–Crippen LogP) is 3.23. The third-order valence-electron chi connectivity index (χ3n) is 4.62. The van der Waals surface area contributed by atoms with Crippen LogP contribution in [0.2, 0.25) is 0 Å². The normalized spacial score (nSPS) is 17.9. The molecular weight excluding hydrogens is 260 g/mol. The summed E-state index contributed by atoms with van der Waals surface area (Å²) in [5.74, 6) is 0.469. The van der Waals surface area contributed by atoms with Gasteiger partial charge in [0, 0.05) is 11.1 Å². The van der Waals surface area contributed by atoms with Crippen LogP contribution in [0.1, 0.15) is 56.0 Å². The minimum atomic E-state index is -0.338. The molecule has 1 aliphatic rings. The first-order valence-corrected chi connectivity index (χ1v) is 8.00. The Labute approximate surface area is 128 Å². The van der Waals surface area contributed by atoms with Gasteiger partial charge in [-0.15, -0.1) is 0 Å². The van der Waals surface area contributed by atoms with Crippen LogP contribution in [0.5, 0.6) is 0 Å². The number of hydrogen-bond donors (Lipinski definition) is 1. The van der Waals surface area contributed by atoms with Crippen molar-refractivity contribution in [1.82, 2.24) is 4.90 Å². The number of hydrogen-bond acceptors (Lipinski definition) is 2. The van der Waals surface area contributed by atoms with Crippen molar-refractivity contribution in [3.63, 3.8) is 0 Å². The fourth-order valence-electron chi connectivity index (χ4n) is 3.14. The highest BCUT2D eigenvalue weighted by molar-refractivity contribution is 5.92. The summed E-state index contributed by atoms with van der Waals surface area (Å²) < 4.78 is 0. The van der Waals surface area contributed by atoms with Crippen molar-refractivity contribution in [2.75, 3.05) is 13.1 Å². The molecule has 1 aromatic carbocycles. The van der Waals surface area contributed by atoms with Gasteiger partial charge in [0.15, 0.2) is 0 Å². The van der Waals surface area contributed by atoms with E-state index >= 15 is 0 Å². The van der Waals surface area contributed by atoms with Crippen LogP contribution in [0.15, 0.2) is 24.3 Å². The zero-order valence-corrected chi connectivity index (χ0v) is 13.6. The summed E-state index contributed by atoms with van der Waals surface area (Å²) in [6.45, 7) is 9.29. The molecule has 0 aliphatic carbocycles. The lowest BCUT2D eigenvalue weighted by Crippen LogP contribution is -2.46. The fraction of sp³-hybridized carbons (Fsp3) is 0.611. The molecule has 0 radical (unpaired) electrons. The van der Waals surface area contributed by atoms with E-state index in [4.69, 9.17) is 5.73 Å². The molecule has 0 bridgehead atoms. The van der Waals surface area contributed by atoms with E-state index in [0.717, 1.165) is 12.3 Å². The fourth-order valence-corrected chi connectivity index (χ4v) is 3.14. The van der Waals surface area contributed by atoms with Gasteiger partial charge in [-0.05, 0) is 83.2 Å². The van der Waals surface area contributed by atoms with E-state index < -0.39 is 0 Å². The molecule has 0 saturated carbocycles. The summed E-state index contributed by atoms with van der Waals surface area (Å²) >= 11 is 0. The van der Waals surface area contributed by atoms with Crippen LogP contribution in [-0.4, -0.2) is 29.4 Å². The van der Waals surface area contributed by atoms with Crippen LogP contribution >= 0.6 is 0 Å². The van der Waals surface area contributed by atoms with Crippen LogP contribution < -0.4 is 5.73 Å². The summed E-state index contributed by atoms with van der Waals surface area (Å²) in [5, 5.41) is 0. The Balaban J connectivity index is 1.82. The lowest BCUT2D eigenvalue weighted by Gasteiger charge is -2.41. The van der Waals surface area contributed by atoms with Crippen LogP contribution in [0.25, 0.3) is 0 Å². The van der Waals surface area contributed by atoms with Gasteiger partial charge < -0.3 is 5.73 Å². The maximum atomic E-state index is 11.2. The Morgan fingerprint density at radius 2 is 1.95 bits per heavy atom. The molecule has 0 atom stereocenters. The number of benzene rings is 1. The van der Waals surface area contributed by atoms with Gasteiger partial charge in [-0.25, -0.2) is 0 Å². The standard InChI is InChI=1S/C18H28N2O/c1-18(2,3)20-11-9-14(10-12-20)7-8-15-5-4-6-16(13-15)17(19)21/h4-6,13-14H,7-12H2,1-3H3,(H2,19,21). The van der Waals surface area contributed by atoms with Gasteiger partial charge in [-0.2, -0.15) is 0 Å². The highest BCUT2D eigenvalue weighted by Gasteiger charge is 2.26. The average molecular weight is 288 g/mol. The molecule has 116 valence electrons. The Morgan fingerprint density at radius 1 is 1.29 bits per heavy atom. The number of carbonyl (C=O) groups is 1. The number of likely N-dealkylation sites (tertiary alicyclic amines) is 1. The van der Waals surface area contributed by atoms with E-state index in [0.29, 0.717) is 11.1 Å². The molecular formula is C18H28N2O. The van der Waals surface area contributed by atoms with E-state index in [9.17, 15) is 4.79 Å². The van der Waals surface area contributed by atoms with Gasteiger partial charge in [-0.1, -0.05) is 12.1 Å². The largest absolute Gasteiger partial charge is 0.366 e. The molecule has 2 rings (SSSR count). The molecule has 3 heteroatoms. The molecule has 1 fully saturated rings. The Hall–Kier alpha value is -1.35. The quantitative estimate of drug-likeness (QED) is 0.924. The topological polar surface area (TPSA) is 46.3 Å². The van der Waals surface area contributed by atoms with E-state index in [2.05, 4.69) is 31.7 Å². The Morgan fingerprint density at radius 3 is 2.52 bits per heavy atom. The molecule has 0 unspecified atom stereocenters. The van der Waals surface area contributed by atoms with Crippen molar-refractivity contribution < 1.29 is 4.79 Å². The third kappa shape index (κ3) is 4.57. The van der Waals surface area contributed by atoms with Crippen molar-refractivity contribution in [3.8, 4) is 0 Å². The van der Waals surface area contributed by atoms with Gasteiger partial charge in [-0.3, -0.25) is 9.69 Å². The molecule has 1 amide bonds. The first kappa shape index (κ1) is 16.0. The second-order valence-corrected chi connectivity index (χ2v) is 7.20. The van der Waals surface area contributed by atoms with Crippen molar-refractivity contribution in [3.05, 3.63) is 35.4 Å². The van der Waals surface area contributed by atoms with Gasteiger partial charge in [0.05, 0.1) is 0 Å². The minimum Gasteiger partial charge on any atom is -0.366 e. The average Bonchev–Trinajstić information content (AvgIpc) is 2.45. The maximum Gasteiger partial charge on any atom is 0.248 e. The molecule has 21 heavy (non-hydrogen) atoms. The minimum absolute atomic E-state index is 0.292. The first-order chi connectivity index (χ1) is 9.86. The number of primary amides is 1. The molecule has 3 nitrogen and oxygen atoms in total. The number of piperidine rings is 1. The van der Waals surface area contributed by atoms with Gasteiger partial charge in [0.1, 0.15) is 0 Å². The van der Waals surface area contributed by atoms with Crippen LogP contribution in [-0.2, 0) is 6.42 Å². The number of carbonyl (C=O) groups excluding carboxylic acids is 1. The Bertz CT molecular complexity index is 482. The molecule has 0 spiro atoms. The summed E-state index contributed by atoms with van der Waals surface area (Å²) in [6, 6.07) is 7.74. The van der Waals surface area contributed by atoms with E-state index in [-0.39, 0.29) is 5.91 Å². The number of aryl methyl sites for hydroxylation is 1. The van der Waals surface area contributed by atoms with E-state index in [1.165, 1.54) is 37.9 Å². The molecule has 1 saturated heterocycles. The second kappa shape index (κ2) is 6.61. The van der Waals surface area contributed by atoms with Crippen molar-refractivity contribution in [2.45, 2.75) is 52.0 Å². The smallest absolute Gasteiger partial charge is 0.248 e. The summed E-state index contributed by atoms with van der Waals surface area (Å²) in [5.41, 5.74) is 7.47. The number of nitrogens with zero attached hydrogens (tertiary/aromatic N) is 1. The Kier molecular flexibility index (Phi) is 5.04. The van der Waals surface area contributed by atoms with E-state index in [1.807, 2.05) is 12.1 Å². The molecule has 1 aromatic rings. The van der Waals surface area contributed by atoms with Gasteiger partial charge >= 0.3 is 0 Å². The SMILES string of the molecule is CC(C)(C)N1CCC(CCc2cccc(C(N)=O)c2)CC1. The van der Waals surface area contributed by atoms with Crippen molar-refractivity contribution in [2.24, 2.45) is 11.7 Å². The summed E-state index contributed by atoms with van der Waals surface area (Å²) in [7, 11) is 0. The van der Waals surface area contributed by atoms with Gasteiger partial charge in [0.25, 0.3) is 0 Å². The third-order valence-corrected chi connectivity index (χ3v) is 4.62. The van der Waals surface area contributed by atoms with Crippen molar-refractivity contribution in [1.29, 1.82) is 0 Å². The zero-order chi connectivity index (χ0) is 15.5. The van der Waals surface area contributed by atoms with Crippen LogP contribution in [0, 0.1) is 5.92 Å². The second-order valence-electron chi connectivity index (χ2n) is 7.20. The number of amides is 1. The van der Waals surface area contributed by atoms with Crippen molar-refractivity contribution >= 4 is 5.91 Å². The lowest BCUT2D eigenvalue weighted by atomic mass is 9.88. The highest BCUT2D eigenvalue weighted by atomic mass is 16.1. The highest BCUT2D eigenvalue weighted by Crippen LogP contribution is 2.26. The molecule has 1 heterocycles.